The molecule has 1 N–H and O–H groups in total. The lowest BCUT2D eigenvalue weighted by atomic mass is 10.0. The van der Waals surface area contributed by atoms with Gasteiger partial charge in [0.25, 0.3) is 0 Å². The number of rotatable bonds is 0. The normalized spacial score (nSPS) is 20.7. The first-order chi connectivity index (χ1) is 6.18. The van der Waals surface area contributed by atoms with Crippen molar-refractivity contribution in [1.29, 1.82) is 0 Å². The smallest absolute Gasteiger partial charge is 0.129 e. The maximum absolute atomic E-state index is 13.1. The minimum atomic E-state index is -0.511. The van der Waals surface area contributed by atoms with Gasteiger partial charge in [-0.05, 0) is 18.6 Å². The Kier molecular flexibility index (Phi) is 1.96. The average Bonchev–Trinajstić information content (AvgIpc) is 2.09. The van der Waals surface area contributed by atoms with Crippen LogP contribution in [0.4, 0.5) is 4.39 Å². The summed E-state index contributed by atoms with van der Waals surface area (Å²) in [6, 6.07) is 2.99. The Morgan fingerprint density at radius 1 is 1.54 bits per heavy atom. The van der Waals surface area contributed by atoms with Crippen molar-refractivity contribution in [2.45, 2.75) is 19.4 Å². The first-order valence-electron chi connectivity index (χ1n) is 4.29. The van der Waals surface area contributed by atoms with Gasteiger partial charge in [-0.25, -0.2) is 4.39 Å². The number of hydrogen-bond acceptors (Lipinski definition) is 2. The molecule has 0 radical (unpaired) electrons. The highest BCUT2D eigenvalue weighted by atomic mass is 19.1. The molecule has 0 bridgehead atoms. The van der Waals surface area contributed by atoms with Crippen molar-refractivity contribution in [2.24, 2.45) is 0 Å². The van der Waals surface area contributed by atoms with Gasteiger partial charge in [-0.1, -0.05) is 0 Å². The molecule has 0 aromatic heterocycles. The molecule has 0 aliphatic carbocycles. The minimum Gasteiger partial charge on any atom is -0.493 e. The van der Waals surface area contributed by atoms with Gasteiger partial charge < -0.3 is 9.84 Å². The Hall–Kier alpha value is -1.09. The van der Waals surface area contributed by atoms with Crippen LogP contribution >= 0.6 is 0 Å². The zero-order valence-corrected chi connectivity index (χ0v) is 7.38. The lowest BCUT2D eigenvalue weighted by Crippen LogP contribution is -2.14. The molecule has 1 unspecified atom stereocenters. The molecule has 0 spiro atoms. The first kappa shape index (κ1) is 8.51. The van der Waals surface area contributed by atoms with Crippen molar-refractivity contribution in [2.75, 3.05) is 6.61 Å². The monoisotopic (exact) mass is 182 g/mol. The number of aryl methyl sites for hydroxylation is 1. The predicted molar refractivity (Wildman–Crippen MR) is 46.2 cm³/mol. The molecule has 1 atom stereocenters. The van der Waals surface area contributed by atoms with Crippen molar-refractivity contribution >= 4 is 0 Å². The quantitative estimate of drug-likeness (QED) is 0.664. The zero-order chi connectivity index (χ0) is 9.42. The number of benzene rings is 1. The van der Waals surface area contributed by atoms with E-state index in [1.807, 2.05) is 0 Å². The Morgan fingerprint density at radius 3 is 3.08 bits per heavy atom. The highest BCUT2D eigenvalue weighted by molar-refractivity contribution is 5.40. The van der Waals surface area contributed by atoms with Crippen LogP contribution in [0.1, 0.15) is 23.7 Å². The highest BCUT2D eigenvalue weighted by Gasteiger charge is 2.20. The van der Waals surface area contributed by atoms with Crippen molar-refractivity contribution in [3.8, 4) is 5.75 Å². The van der Waals surface area contributed by atoms with E-state index in [-0.39, 0.29) is 5.82 Å². The Morgan fingerprint density at radius 2 is 2.31 bits per heavy atom. The van der Waals surface area contributed by atoms with E-state index >= 15 is 0 Å². The number of fused-ring (bicyclic) bond motifs is 1. The Balaban J connectivity index is 2.52. The van der Waals surface area contributed by atoms with E-state index in [2.05, 4.69) is 0 Å². The first-order valence-corrected chi connectivity index (χ1v) is 4.29. The second-order valence-corrected chi connectivity index (χ2v) is 3.29. The van der Waals surface area contributed by atoms with Gasteiger partial charge in [0.05, 0.1) is 12.7 Å². The molecule has 0 saturated heterocycles. The van der Waals surface area contributed by atoms with Gasteiger partial charge in [-0.3, -0.25) is 0 Å². The lowest BCUT2D eigenvalue weighted by Gasteiger charge is -2.22. The van der Waals surface area contributed by atoms with Crippen LogP contribution in [0.15, 0.2) is 12.1 Å². The average molecular weight is 182 g/mol. The van der Waals surface area contributed by atoms with Crippen LogP contribution in [0, 0.1) is 12.7 Å². The van der Waals surface area contributed by atoms with E-state index in [1.54, 1.807) is 13.0 Å². The van der Waals surface area contributed by atoms with E-state index < -0.39 is 6.10 Å². The maximum Gasteiger partial charge on any atom is 0.129 e. The van der Waals surface area contributed by atoms with Gasteiger partial charge in [0.1, 0.15) is 11.6 Å². The van der Waals surface area contributed by atoms with Gasteiger partial charge in [0.15, 0.2) is 0 Å². The van der Waals surface area contributed by atoms with Gasteiger partial charge >= 0.3 is 0 Å². The Labute approximate surface area is 76.0 Å². The zero-order valence-electron chi connectivity index (χ0n) is 7.38. The molecule has 1 aromatic rings. The number of aliphatic hydroxyl groups excluding tert-OH is 1. The molecule has 1 heterocycles. The molecule has 13 heavy (non-hydrogen) atoms. The number of halogens is 1. The van der Waals surface area contributed by atoms with Crippen molar-refractivity contribution < 1.29 is 14.2 Å². The second kappa shape index (κ2) is 3.00. The molecule has 0 saturated carbocycles. The topological polar surface area (TPSA) is 29.5 Å². The molecule has 2 rings (SSSR count). The highest BCUT2D eigenvalue weighted by Crippen LogP contribution is 2.33. The summed E-state index contributed by atoms with van der Waals surface area (Å²) in [7, 11) is 0. The van der Waals surface area contributed by atoms with Gasteiger partial charge in [-0.2, -0.15) is 0 Å². The molecule has 0 amide bonds. The third kappa shape index (κ3) is 1.40. The standard InChI is InChI=1S/C10H11FO2/c1-6-4-7-9(12)2-3-13-10(7)5-8(6)11/h4-5,9,12H,2-3H2,1H3. The summed E-state index contributed by atoms with van der Waals surface area (Å²) < 4.78 is 18.3. The van der Waals surface area contributed by atoms with Gasteiger partial charge in [-0.15, -0.1) is 0 Å². The molecule has 3 heteroatoms. The second-order valence-electron chi connectivity index (χ2n) is 3.29. The summed E-state index contributed by atoms with van der Waals surface area (Å²) in [5.74, 6) is 0.190. The summed E-state index contributed by atoms with van der Waals surface area (Å²) in [6.45, 7) is 2.13. The fraction of sp³-hybridized carbons (Fsp3) is 0.400. The van der Waals surface area contributed by atoms with Crippen LogP contribution in [-0.2, 0) is 0 Å². The molecular weight excluding hydrogens is 171 g/mol. The third-order valence-electron chi connectivity index (χ3n) is 2.30. The summed E-state index contributed by atoms with van der Waals surface area (Å²) in [5.41, 5.74) is 1.24. The summed E-state index contributed by atoms with van der Waals surface area (Å²) >= 11 is 0. The number of aliphatic hydroxyl groups is 1. The van der Waals surface area contributed by atoms with E-state index in [9.17, 15) is 9.50 Å². The number of hydrogen-bond donors (Lipinski definition) is 1. The van der Waals surface area contributed by atoms with Crippen LogP contribution in [0.25, 0.3) is 0 Å². The maximum atomic E-state index is 13.1. The lowest BCUT2D eigenvalue weighted by molar-refractivity contribution is 0.115. The molecule has 1 aliphatic rings. The molecule has 0 fully saturated rings. The van der Waals surface area contributed by atoms with Gasteiger partial charge in [0, 0.05) is 18.1 Å². The van der Waals surface area contributed by atoms with Crippen LogP contribution in [0.5, 0.6) is 5.75 Å². The fourth-order valence-electron chi connectivity index (χ4n) is 1.51. The predicted octanol–water partition coefficient (Wildman–Crippen LogP) is 1.95. The van der Waals surface area contributed by atoms with Crippen LogP contribution in [0.3, 0.4) is 0 Å². The van der Waals surface area contributed by atoms with E-state index in [0.29, 0.717) is 29.9 Å². The molecule has 2 nitrogen and oxygen atoms in total. The number of ether oxygens (including phenoxy) is 1. The fourth-order valence-corrected chi connectivity index (χ4v) is 1.51. The SMILES string of the molecule is Cc1cc2c(cc1F)OCCC2O. The van der Waals surface area contributed by atoms with Crippen molar-refractivity contribution in [3.05, 3.63) is 29.1 Å². The van der Waals surface area contributed by atoms with Gasteiger partial charge in [0.2, 0.25) is 0 Å². The third-order valence-corrected chi connectivity index (χ3v) is 2.30. The Bertz CT molecular complexity index is 336. The summed E-state index contributed by atoms with van der Waals surface area (Å²) in [5, 5.41) is 9.57. The molecule has 70 valence electrons. The van der Waals surface area contributed by atoms with E-state index in [4.69, 9.17) is 4.74 Å². The molecular formula is C10H11FO2. The van der Waals surface area contributed by atoms with Crippen molar-refractivity contribution in [3.63, 3.8) is 0 Å². The van der Waals surface area contributed by atoms with Crippen LogP contribution in [0.2, 0.25) is 0 Å². The van der Waals surface area contributed by atoms with E-state index in [0.717, 1.165) is 0 Å². The van der Waals surface area contributed by atoms with E-state index in [1.165, 1.54) is 6.07 Å². The van der Waals surface area contributed by atoms with Crippen molar-refractivity contribution in [1.82, 2.24) is 0 Å². The summed E-state index contributed by atoms with van der Waals surface area (Å²) in [4.78, 5) is 0. The molecule has 1 aromatic carbocycles. The largest absolute Gasteiger partial charge is 0.493 e. The summed E-state index contributed by atoms with van der Waals surface area (Å²) in [6.07, 6.45) is 0.0704. The minimum absolute atomic E-state index is 0.284. The van der Waals surface area contributed by atoms with Crippen LogP contribution < -0.4 is 4.74 Å². The van der Waals surface area contributed by atoms with Crippen LogP contribution in [-0.4, -0.2) is 11.7 Å². The molecule has 1 aliphatic heterocycles.